The minimum Gasteiger partial charge on any atom is -0.307 e. The van der Waals surface area contributed by atoms with Gasteiger partial charge in [-0.1, -0.05) is 121 Å². The molecular formula is C44H26N4. The number of hydrogen-bond acceptors (Lipinski definition) is 2. The number of nitrogens with zero attached hydrogens (tertiary/aromatic N) is 4. The van der Waals surface area contributed by atoms with Gasteiger partial charge in [-0.2, -0.15) is 10.5 Å². The van der Waals surface area contributed by atoms with Crippen LogP contribution in [0.25, 0.3) is 77.2 Å². The summed E-state index contributed by atoms with van der Waals surface area (Å²) < 4.78 is 4.47. The second-order valence-electron chi connectivity index (χ2n) is 12.0. The highest BCUT2D eigenvalue weighted by atomic mass is 15.0. The molecule has 0 saturated heterocycles. The van der Waals surface area contributed by atoms with Crippen molar-refractivity contribution >= 4 is 43.6 Å². The van der Waals surface area contributed by atoms with E-state index in [0.717, 1.165) is 60.4 Å². The average Bonchev–Trinajstić information content (AvgIpc) is 3.68. The highest BCUT2D eigenvalue weighted by Gasteiger charge is 2.23. The number of nitriles is 2. The molecule has 0 spiro atoms. The van der Waals surface area contributed by atoms with E-state index >= 15 is 0 Å². The third-order valence-electron chi connectivity index (χ3n) is 9.40. The van der Waals surface area contributed by atoms with E-state index in [-0.39, 0.29) is 0 Å². The molecule has 0 aliphatic heterocycles. The lowest BCUT2D eigenvalue weighted by Crippen LogP contribution is -2.03. The Morgan fingerprint density at radius 1 is 0.375 bits per heavy atom. The van der Waals surface area contributed by atoms with E-state index < -0.39 is 0 Å². The molecule has 4 nitrogen and oxygen atoms in total. The van der Waals surface area contributed by atoms with Crippen LogP contribution in [0.3, 0.4) is 0 Å². The Morgan fingerprint density at radius 2 is 0.854 bits per heavy atom. The van der Waals surface area contributed by atoms with Gasteiger partial charge in [-0.3, -0.25) is 0 Å². The zero-order valence-electron chi connectivity index (χ0n) is 25.8. The van der Waals surface area contributed by atoms with E-state index in [0.29, 0.717) is 16.8 Å². The molecule has 2 aromatic heterocycles. The van der Waals surface area contributed by atoms with Gasteiger partial charge in [-0.25, -0.2) is 0 Å². The molecule has 222 valence electrons. The predicted molar refractivity (Wildman–Crippen MR) is 195 cm³/mol. The van der Waals surface area contributed by atoms with Crippen LogP contribution in [-0.2, 0) is 0 Å². The van der Waals surface area contributed by atoms with Crippen LogP contribution in [0, 0.1) is 22.7 Å². The van der Waals surface area contributed by atoms with Crippen LogP contribution in [0.5, 0.6) is 0 Å². The predicted octanol–water partition coefficient (Wildman–Crippen LogP) is 11.0. The van der Waals surface area contributed by atoms with Gasteiger partial charge in [0.05, 0.1) is 38.9 Å². The number of hydrogen-bond donors (Lipinski definition) is 0. The van der Waals surface area contributed by atoms with Crippen LogP contribution in [-0.4, -0.2) is 9.13 Å². The quantitative estimate of drug-likeness (QED) is 0.199. The van der Waals surface area contributed by atoms with E-state index in [1.54, 1.807) is 18.2 Å². The van der Waals surface area contributed by atoms with Crippen molar-refractivity contribution in [2.24, 2.45) is 0 Å². The van der Waals surface area contributed by atoms with Crippen molar-refractivity contribution < 1.29 is 0 Å². The van der Waals surface area contributed by atoms with E-state index in [9.17, 15) is 10.5 Å². The van der Waals surface area contributed by atoms with Gasteiger partial charge in [0, 0.05) is 27.2 Å². The van der Waals surface area contributed by atoms with Gasteiger partial charge in [-0.15, -0.1) is 0 Å². The summed E-state index contributed by atoms with van der Waals surface area (Å²) in [5, 5.41) is 24.9. The fourth-order valence-electron chi connectivity index (χ4n) is 7.28. The van der Waals surface area contributed by atoms with Gasteiger partial charge < -0.3 is 9.13 Å². The SMILES string of the molecule is N#Cc1cccc(C#N)c1-n1c2ccccc2c2ccc3c4ccccc4n(-c4cccc(-c5ccc(-c6ccccc6)cc5)c4)c3c21. The molecule has 4 heteroatoms. The van der Waals surface area contributed by atoms with E-state index in [2.05, 4.69) is 143 Å². The molecule has 0 N–H and O–H groups in total. The normalized spacial score (nSPS) is 11.3. The number of para-hydroxylation sites is 3. The monoisotopic (exact) mass is 610 g/mol. The van der Waals surface area contributed by atoms with Gasteiger partial charge in [0.15, 0.2) is 0 Å². The van der Waals surface area contributed by atoms with Crippen molar-refractivity contribution in [3.05, 3.63) is 169 Å². The molecule has 0 radical (unpaired) electrons. The van der Waals surface area contributed by atoms with Crippen molar-refractivity contribution in [2.75, 3.05) is 0 Å². The first-order valence-electron chi connectivity index (χ1n) is 15.9. The largest absolute Gasteiger partial charge is 0.307 e. The fraction of sp³-hybridized carbons (Fsp3) is 0. The first-order valence-corrected chi connectivity index (χ1v) is 15.9. The van der Waals surface area contributed by atoms with Crippen LogP contribution < -0.4 is 0 Å². The van der Waals surface area contributed by atoms with Gasteiger partial charge in [0.1, 0.15) is 12.1 Å². The summed E-state index contributed by atoms with van der Waals surface area (Å²) in [4.78, 5) is 0. The Morgan fingerprint density at radius 3 is 1.48 bits per heavy atom. The maximum absolute atomic E-state index is 10.3. The minimum atomic E-state index is 0.456. The zero-order valence-corrected chi connectivity index (χ0v) is 25.8. The van der Waals surface area contributed by atoms with Crippen molar-refractivity contribution in [3.63, 3.8) is 0 Å². The molecule has 2 heterocycles. The van der Waals surface area contributed by atoms with E-state index in [4.69, 9.17) is 0 Å². The molecule has 9 rings (SSSR count). The topological polar surface area (TPSA) is 57.4 Å². The molecule has 0 fully saturated rings. The van der Waals surface area contributed by atoms with Crippen molar-refractivity contribution in [3.8, 4) is 45.8 Å². The molecule has 7 aromatic carbocycles. The van der Waals surface area contributed by atoms with E-state index in [1.807, 2.05) is 18.2 Å². The Bertz CT molecular complexity index is 2750. The molecule has 0 atom stereocenters. The lowest BCUT2D eigenvalue weighted by molar-refractivity contribution is 1.14. The Kier molecular flexibility index (Phi) is 6.22. The highest BCUT2D eigenvalue weighted by molar-refractivity contribution is 6.24. The number of fused-ring (bicyclic) bond motifs is 7. The van der Waals surface area contributed by atoms with Crippen LogP contribution in [0.15, 0.2) is 158 Å². The number of benzene rings is 7. The summed E-state index contributed by atoms with van der Waals surface area (Å²) >= 11 is 0. The van der Waals surface area contributed by atoms with Crippen LogP contribution in [0.4, 0.5) is 0 Å². The first kappa shape index (κ1) is 27.4. The second kappa shape index (κ2) is 10.9. The molecule has 0 bridgehead atoms. The molecule has 9 aromatic rings. The summed E-state index contributed by atoms with van der Waals surface area (Å²) in [5.41, 5.74) is 11.2. The maximum atomic E-state index is 10.3. The second-order valence-corrected chi connectivity index (χ2v) is 12.0. The lowest BCUT2D eigenvalue weighted by Gasteiger charge is -2.15. The van der Waals surface area contributed by atoms with Crippen molar-refractivity contribution in [2.45, 2.75) is 0 Å². The average molecular weight is 611 g/mol. The molecule has 0 saturated carbocycles. The highest BCUT2D eigenvalue weighted by Crippen LogP contribution is 2.42. The third kappa shape index (κ3) is 4.07. The van der Waals surface area contributed by atoms with Gasteiger partial charge in [0.25, 0.3) is 0 Å². The fourth-order valence-corrected chi connectivity index (χ4v) is 7.28. The lowest BCUT2D eigenvalue weighted by atomic mass is 10.00. The minimum absolute atomic E-state index is 0.456. The van der Waals surface area contributed by atoms with Crippen molar-refractivity contribution in [1.29, 1.82) is 10.5 Å². The van der Waals surface area contributed by atoms with Crippen LogP contribution >= 0.6 is 0 Å². The molecule has 0 unspecified atom stereocenters. The van der Waals surface area contributed by atoms with Crippen LogP contribution in [0.2, 0.25) is 0 Å². The van der Waals surface area contributed by atoms with Crippen molar-refractivity contribution in [1.82, 2.24) is 9.13 Å². The standard InChI is InChI=1S/C44H26N4/c45-27-33-13-8-14-34(28-46)42(33)48-41-19-7-5-17-37(41)39-25-24-38-36-16-4-6-18-40(36)47(43(38)44(39)48)35-15-9-12-32(26-35)31-22-20-30(21-23-31)29-10-2-1-3-11-29/h1-26H. The summed E-state index contributed by atoms with van der Waals surface area (Å²) in [6.45, 7) is 0. The molecular weight excluding hydrogens is 585 g/mol. The Labute approximate surface area is 277 Å². The number of aromatic nitrogens is 2. The smallest absolute Gasteiger partial charge is 0.101 e. The summed E-state index contributed by atoms with van der Waals surface area (Å²) in [6.07, 6.45) is 0. The Balaban J connectivity index is 1.37. The summed E-state index contributed by atoms with van der Waals surface area (Å²) in [6, 6.07) is 59.1. The van der Waals surface area contributed by atoms with Gasteiger partial charge >= 0.3 is 0 Å². The van der Waals surface area contributed by atoms with Gasteiger partial charge in [0.2, 0.25) is 0 Å². The zero-order chi connectivity index (χ0) is 32.2. The molecule has 0 aliphatic carbocycles. The number of rotatable bonds is 4. The maximum Gasteiger partial charge on any atom is 0.101 e. The first-order chi connectivity index (χ1) is 23.7. The molecule has 0 aliphatic rings. The molecule has 0 amide bonds. The summed E-state index contributed by atoms with van der Waals surface area (Å²) in [5.74, 6) is 0. The van der Waals surface area contributed by atoms with Gasteiger partial charge in [-0.05, 0) is 58.7 Å². The third-order valence-corrected chi connectivity index (χ3v) is 9.40. The Hall–Kier alpha value is -6.88. The van der Waals surface area contributed by atoms with Crippen LogP contribution in [0.1, 0.15) is 11.1 Å². The molecule has 48 heavy (non-hydrogen) atoms. The summed E-state index contributed by atoms with van der Waals surface area (Å²) in [7, 11) is 0. The van der Waals surface area contributed by atoms with E-state index in [1.165, 1.54) is 11.1 Å².